The highest BCUT2D eigenvalue weighted by atomic mass is 19.4. The zero-order valence-electron chi connectivity index (χ0n) is 11.5. The SMILES string of the molecule is CC(C)n1cc(C(N)C(=O)O)c2cc(C(F)(F)F)ccc21. The van der Waals surface area contributed by atoms with Crippen molar-refractivity contribution in [3.8, 4) is 0 Å². The molecule has 1 atom stereocenters. The Morgan fingerprint density at radius 3 is 2.43 bits per heavy atom. The lowest BCUT2D eigenvalue weighted by Gasteiger charge is -2.10. The molecule has 7 heteroatoms. The van der Waals surface area contributed by atoms with Gasteiger partial charge in [0.25, 0.3) is 0 Å². The highest BCUT2D eigenvalue weighted by Gasteiger charge is 2.32. The first kappa shape index (κ1) is 15.4. The normalized spacial score (nSPS) is 13.9. The Hall–Kier alpha value is -2.02. The minimum absolute atomic E-state index is 0.0287. The summed E-state index contributed by atoms with van der Waals surface area (Å²) in [5.74, 6) is -1.28. The van der Waals surface area contributed by atoms with Crippen LogP contribution in [0.15, 0.2) is 24.4 Å². The van der Waals surface area contributed by atoms with Crippen LogP contribution in [0.4, 0.5) is 13.2 Å². The van der Waals surface area contributed by atoms with Gasteiger partial charge in [-0.25, -0.2) is 0 Å². The first-order chi connectivity index (χ1) is 9.62. The van der Waals surface area contributed by atoms with Gasteiger partial charge in [0.05, 0.1) is 5.56 Å². The van der Waals surface area contributed by atoms with Crippen LogP contribution in [-0.2, 0) is 11.0 Å². The molecule has 0 aliphatic rings. The van der Waals surface area contributed by atoms with Crippen molar-refractivity contribution in [2.75, 3.05) is 0 Å². The van der Waals surface area contributed by atoms with Gasteiger partial charge in [-0.05, 0) is 32.0 Å². The smallest absolute Gasteiger partial charge is 0.416 e. The third-order valence-electron chi connectivity index (χ3n) is 3.35. The Balaban J connectivity index is 2.75. The van der Waals surface area contributed by atoms with E-state index in [9.17, 15) is 18.0 Å². The lowest BCUT2D eigenvalue weighted by Crippen LogP contribution is -2.20. The van der Waals surface area contributed by atoms with Crippen molar-refractivity contribution in [1.29, 1.82) is 0 Å². The predicted molar refractivity (Wildman–Crippen MR) is 71.9 cm³/mol. The number of benzene rings is 1. The van der Waals surface area contributed by atoms with Gasteiger partial charge in [0, 0.05) is 28.7 Å². The van der Waals surface area contributed by atoms with E-state index in [1.54, 1.807) is 4.57 Å². The van der Waals surface area contributed by atoms with E-state index in [2.05, 4.69) is 0 Å². The number of aromatic nitrogens is 1. The van der Waals surface area contributed by atoms with E-state index in [1.165, 1.54) is 12.3 Å². The minimum Gasteiger partial charge on any atom is -0.480 e. The molecule has 2 aromatic rings. The lowest BCUT2D eigenvalue weighted by molar-refractivity contribution is -0.139. The standard InChI is InChI=1S/C14H15F3N2O2/c1-7(2)19-6-10(12(18)13(20)21)9-5-8(14(15,16)17)3-4-11(9)19/h3-7,12H,18H2,1-2H3,(H,20,21). The highest BCUT2D eigenvalue weighted by Crippen LogP contribution is 2.35. The molecule has 1 aromatic carbocycles. The molecule has 0 fully saturated rings. The molecule has 1 unspecified atom stereocenters. The van der Waals surface area contributed by atoms with Crippen molar-refractivity contribution < 1.29 is 23.1 Å². The summed E-state index contributed by atoms with van der Waals surface area (Å²) in [6, 6.07) is 1.88. The number of nitrogens with zero attached hydrogens (tertiary/aromatic N) is 1. The molecule has 0 aliphatic carbocycles. The number of carboxylic acid groups (broad SMARTS) is 1. The average molecular weight is 300 g/mol. The predicted octanol–water partition coefficient (Wildman–Crippen LogP) is 3.33. The molecule has 4 nitrogen and oxygen atoms in total. The van der Waals surface area contributed by atoms with Gasteiger partial charge in [-0.2, -0.15) is 13.2 Å². The quantitative estimate of drug-likeness (QED) is 0.913. The van der Waals surface area contributed by atoms with Crippen LogP contribution in [0.3, 0.4) is 0 Å². The number of carbonyl (C=O) groups is 1. The summed E-state index contributed by atoms with van der Waals surface area (Å²) < 4.78 is 40.2. The van der Waals surface area contributed by atoms with Gasteiger partial charge >= 0.3 is 12.1 Å². The summed E-state index contributed by atoms with van der Waals surface area (Å²) in [6.45, 7) is 3.71. The van der Waals surface area contributed by atoms with Crippen LogP contribution in [0, 0.1) is 0 Å². The van der Waals surface area contributed by atoms with Crippen molar-refractivity contribution in [2.24, 2.45) is 5.73 Å². The number of aliphatic carboxylic acids is 1. The molecule has 2 rings (SSSR count). The maximum Gasteiger partial charge on any atom is 0.416 e. The van der Waals surface area contributed by atoms with Crippen molar-refractivity contribution in [1.82, 2.24) is 4.57 Å². The minimum atomic E-state index is -4.49. The van der Waals surface area contributed by atoms with Crippen LogP contribution in [0.5, 0.6) is 0 Å². The molecule has 1 heterocycles. The van der Waals surface area contributed by atoms with Crippen molar-refractivity contribution in [3.05, 3.63) is 35.5 Å². The molecule has 0 radical (unpaired) electrons. The molecule has 0 amide bonds. The molecule has 21 heavy (non-hydrogen) atoms. The zero-order valence-corrected chi connectivity index (χ0v) is 11.5. The summed E-state index contributed by atoms with van der Waals surface area (Å²) in [7, 11) is 0. The molecular weight excluding hydrogens is 285 g/mol. The van der Waals surface area contributed by atoms with Gasteiger partial charge in [-0.15, -0.1) is 0 Å². The second-order valence-electron chi connectivity index (χ2n) is 5.13. The van der Waals surface area contributed by atoms with Crippen LogP contribution in [0.25, 0.3) is 10.9 Å². The summed E-state index contributed by atoms with van der Waals surface area (Å²) >= 11 is 0. The van der Waals surface area contributed by atoms with Crippen LogP contribution in [-0.4, -0.2) is 15.6 Å². The van der Waals surface area contributed by atoms with E-state index in [0.29, 0.717) is 5.52 Å². The number of rotatable bonds is 3. The molecule has 0 spiro atoms. The van der Waals surface area contributed by atoms with Crippen LogP contribution >= 0.6 is 0 Å². The number of halogens is 3. The van der Waals surface area contributed by atoms with Crippen molar-refractivity contribution >= 4 is 16.9 Å². The molecule has 0 saturated carbocycles. The summed E-state index contributed by atoms with van der Waals surface area (Å²) in [4.78, 5) is 11.0. The number of fused-ring (bicyclic) bond motifs is 1. The van der Waals surface area contributed by atoms with Gasteiger partial charge in [0.15, 0.2) is 0 Å². The molecule has 0 aliphatic heterocycles. The van der Waals surface area contributed by atoms with E-state index in [0.717, 1.165) is 12.1 Å². The maximum absolute atomic E-state index is 12.8. The second kappa shape index (κ2) is 5.07. The van der Waals surface area contributed by atoms with Gasteiger partial charge in [0.2, 0.25) is 0 Å². The van der Waals surface area contributed by atoms with Crippen LogP contribution < -0.4 is 5.73 Å². The molecule has 0 bridgehead atoms. The third-order valence-corrected chi connectivity index (χ3v) is 3.35. The number of hydrogen-bond acceptors (Lipinski definition) is 2. The summed E-state index contributed by atoms with van der Waals surface area (Å²) in [5.41, 5.74) is 5.47. The zero-order chi connectivity index (χ0) is 15.9. The van der Waals surface area contributed by atoms with Crippen LogP contribution in [0.1, 0.15) is 37.1 Å². The third kappa shape index (κ3) is 2.73. The molecule has 1 aromatic heterocycles. The Morgan fingerprint density at radius 2 is 1.95 bits per heavy atom. The largest absolute Gasteiger partial charge is 0.480 e. The topological polar surface area (TPSA) is 68.2 Å². The lowest BCUT2D eigenvalue weighted by atomic mass is 10.0. The average Bonchev–Trinajstić information content (AvgIpc) is 2.75. The van der Waals surface area contributed by atoms with Crippen molar-refractivity contribution in [3.63, 3.8) is 0 Å². The molecule has 114 valence electrons. The Labute approximate surface area is 119 Å². The number of carboxylic acids is 1. The van der Waals surface area contributed by atoms with Crippen LogP contribution in [0.2, 0.25) is 0 Å². The van der Waals surface area contributed by atoms with Gasteiger partial charge < -0.3 is 15.4 Å². The van der Waals surface area contributed by atoms with E-state index in [4.69, 9.17) is 10.8 Å². The maximum atomic E-state index is 12.8. The number of hydrogen-bond donors (Lipinski definition) is 2. The molecule has 0 saturated heterocycles. The first-order valence-corrected chi connectivity index (χ1v) is 6.33. The molecular formula is C14H15F3N2O2. The second-order valence-corrected chi connectivity index (χ2v) is 5.13. The van der Waals surface area contributed by atoms with E-state index < -0.39 is 23.8 Å². The number of nitrogens with two attached hydrogens (primary N) is 1. The fourth-order valence-electron chi connectivity index (χ4n) is 2.27. The fourth-order valence-corrected chi connectivity index (χ4v) is 2.27. The Morgan fingerprint density at radius 1 is 1.33 bits per heavy atom. The Kier molecular flexibility index (Phi) is 3.71. The molecule has 3 N–H and O–H groups in total. The van der Waals surface area contributed by atoms with Gasteiger partial charge in [-0.1, -0.05) is 0 Å². The summed E-state index contributed by atoms with van der Waals surface area (Å²) in [5, 5.41) is 9.23. The van der Waals surface area contributed by atoms with E-state index >= 15 is 0 Å². The van der Waals surface area contributed by atoms with E-state index in [1.807, 2.05) is 13.8 Å². The fraction of sp³-hybridized carbons (Fsp3) is 0.357. The summed E-state index contributed by atoms with van der Waals surface area (Å²) in [6.07, 6.45) is -2.98. The van der Waals surface area contributed by atoms with E-state index in [-0.39, 0.29) is 17.0 Å². The number of alkyl halides is 3. The monoisotopic (exact) mass is 300 g/mol. The van der Waals surface area contributed by atoms with Gasteiger partial charge in [0.1, 0.15) is 6.04 Å². The van der Waals surface area contributed by atoms with Crippen molar-refractivity contribution in [2.45, 2.75) is 32.1 Å². The highest BCUT2D eigenvalue weighted by molar-refractivity contribution is 5.90. The first-order valence-electron chi connectivity index (χ1n) is 6.33. The Bertz CT molecular complexity index is 689. The van der Waals surface area contributed by atoms with Gasteiger partial charge in [-0.3, -0.25) is 4.79 Å².